The van der Waals surface area contributed by atoms with Gasteiger partial charge < -0.3 is 9.84 Å². The van der Waals surface area contributed by atoms with Crippen molar-refractivity contribution >= 4 is 0 Å². The van der Waals surface area contributed by atoms with Gasteiger partial charge in [0.2, 0.25) is 0 Å². The maximum atomic E-state index is 13.3. The Morgan fingerprint density at radius 1 is 1.41 bits per heavy atom. The quantitative estimate of drug-likeness (QED) is 0.814. The molecule has 1 atom stereocenters. The van der Waals surface area contributed by atoms with E-state index in [-0.39, 0.29) is 18.5 Å². The number of aliphatic hydroxyl groups is 1. The van der Waals surface area contributed by atoms with Crippen LogP contribution >= 0.6 is 0 Å². The lowest BCUT2D eigenvalue weighted by atomic mass is 10.2. The molecular weight excluding hydrogens is 219 g/mol. The smallest absolute Gasteiger partial charge is 0.128 e. The van der Waals surface area contributed by atoms with E-state index in [2.05, 4.69) is 11.8 Å². The fraction of sp³-hybridized carbons (Fsp3) is 0.429. The van der Waals surface area contributed by atoms with Crippen LogP contribution in [0.25, 0.3) is 0 Å². The second kappa shape index (κ2) is 6.93. The number of benzene rings is 1. The predicted molar refractivity (Wildman–Crippen MR) is 65.4 cm³/mol. The number of rotatable bonds is 4. The van der Waals surface area contributed by atoms with E-state index in [0.717, 1.165) is 6.42 Å². The van der Waals surface area contributed by atoms with Gasteiger partial charge in [-0.05, 0) is 25.5 Å². The molecule has 1 aromatic rings. The van der Waals surface area contributed by atoms with Crippen LogP contribution in [-0.4, -0.2) is 17.8 Å². The highest BCUT2D eigenvalue weighted by atomic mass is 19.1. The molecule has 0 aliphatic heterocycles. The number of hydrogen-bond acceptors (Lipinski definition) is 2. The zero-order valence-electron chi connectivity index (χ0n) is 10.2. The van der Waals surface area contributed by atoms with Crippen molar-refractivity contribution in [1.29, 1.82) is 0 Å². The van der Waals surface area contributed by atoms with E-state index in [4.69, 9.17) is 9.84 Å². The molecule has 0 fully saturated rings. The molecule has 0 bridgehead atoms. The average molecular weight is 236 g/mol. The third kappa shape index (κ3) is 4.88. The first-order valence-corrected chi connectivity index (χ1v) is 5.72. The lowest BCUT2D eigenvalue weighted by Gasteiger charge is -2.12. The zero-order chi connectivity index (χ0) is 12.7. The van der Waals surface area contributed by atoms with Gasteiger partial charge in [0.05, 0.1) is 12.7 Å². The molecule has 2 nitrogen and oxygen atoms in total. The normalized spacial score (nSPS) is 11.5. The van der Waals surface area contributed by atoms with Crippen LogP contribution in [-0.2, 0) is 0 Å². The van der Waals surface area contributed by atoms with Crippen LogP contribution in [0.15, 0.2) is 18.2 Å². The fourth-order valence-corrected chi connectivity index (χ4v) is 1.24. The molecule has 3 heteroatoms. The third-order valence-electron chi connectivity index (χ3n) is 2.25. The van der Waals surface area contributed by atoms with Gasteiger partial charge in [0.1, 0.15) is 11.6 Å². The van der Waals surface area contributed by atoms with E-state index >= 15 is 0 Å². The van der Waals surface area contributed by atoms with E-state index in [1.807, 2.05) is 13.8 Å². The number of halogens is 1. The molecule has 0 saturated carbocycles. The first kappa shape index (κ1) is 13.5. The van der Waals surface area contributed by atoms with Gasteiger partial charge >= 0.3 is 0 Å². The lowest BCUT2D eigenvalue weighted by Crippen LogP contribution is -2.09. The van der Waals surface area contributed by atoms with Crippen molar-refractivity contribution in [3.8, 4) is 17.6 Å². The summed E-state index contributed by atoms with van der Waals surface area (Å²) < 4.78 is 18.8. The molecule has 1 rings (SSSR count). The maximum Gasteiger partial charge on any atom is 0.128 e. The highest BCUT2D eigenvalue weighted by Crippen LogP contribution is 2.18. The molecule has 0 amide bonds. The van der Waals surface area contributed by atoms with E-state index in [0.29, 0.717) is 17.7 Å². The van der Waals surface area contributed by atoms with E-state index < -0.39 is 0 Å². The van der Waals surface area contributed by atoms with E-state index in [1.165, 1.54) is 12.1 Å². The maximum absolute atomic E-state index is 13.3. The Morgan fingerprint density at radius 2 is 2.18 bits per heavy atom. The van der Waals surface area contributed by atoms with Crippen LogP contribution in [0.2, 0.25) is 0 Å². The van der Waals surface area contributed by atoms with Crippen molar-refractivity contribution in [3.05, 3.63) is 29.6 Å². The van der Waals surface area contributed by atoms with Gasteiger partial charge in [-0.1, -0.05) is 18.8 Å². The summed E-state index contributed by atoms with van der Waals surface area (Å²) in [6.45, 7) is 3.95. The summed E-state index contributed by atoms with van der Waals surface area (Å²) in [5, 5.41) is 8.60. The predicted octanol–water partition coefficient (Wildman–Crippen LogP) is 2.74. The highest BCUT2D eigenvalue weighted by Gasteiger charge is 2.04. The second-order valence-corrected chi connectivity index (χ2v) is 3.79. The number of hydrogen-bond donors (Lipinski definition) is 1. The minimum absolute atomic E-state index is 0.0124. The summed E-state index contributed by atoms with van der Waals surface area (Å²) in [5.74, 6) is 5.67. The molecule has 17 heavy (non-hydrogen) atoms. The molecule has 0 aromatic heterocycles. The van der Waals surface area contributed by atoms with Crippen LogP contribution < -0.4 is 4.74 Å². The van der Waals surface area contributed by atoms with Crippen LogP contribution in [0.4, 0.5) is 4.39 Å². The Labute approximate surface area is 101 Å². The zero-order valence-corrected chi connectivity index (χ0v) is 10.2. The SMILES string of the molecule is CCC(C)Oc1cc(F)cc(C#CCCO)c1. The number of aliphatic hydroxyl groups excluding tert-OH is 1. The van der Waals surface area contributed by atoms with Crippen molar-refractivity contribution in [2.45, 2.75) is 32.8 Å². The van der Waals surface area contributed by atoms with Crippen molar-refractivity contribution < 1.29 is 14.2 Å². The first-order valence-electron chi connectivity index (χ1n) is 5.72. The Kier molecular flexibility index (Phi) is 5.51. The molecule has 0 aliphatic carbocycles. The first-order chi connectivity index (χ1) is 8.15. The largest absolute Gasteiger partial charge is 0.491 e. The van der Waals surface area contributed by atoms with Crippen LogP contribution in [0, 0.1) is 17.7 Å². The van der Waals surface area contributed by atoms with Crippen LogP contribution in [0.1, 0.15) is 32.3 Å². The molecule has 1 N–H and O–H groups in total. The van der Waals surface area contributed by atoms with Crippen molar-refractivity contribution in [3.63, 3.8) is 0 Å². The molecule has 1 aromatic carbocycles. The summed E-state index contributed by atoms with van der Waals surface area (Å²) in [6, 6.07) is 4.41. The van der Waals surface area contributed by atoms with Crippen molar-refractivity contribution in [2.24, 2.45) is 0 Å². The van der Waals surface area contributed by atoms with Crippen molar-refractivity contribution in [2.75, 3.05) is 6.61 Å². The summed E-state index contributed by atoms with van der Waals surface area (Å²) >= 11 is 0. The van der Waals surface area contributed by atoms with E-state index in [1.54, 1.807) is 6.07 Å². The Balaban J connectivity index is 2.83. The monoisotopic (exact) mass is 236 g/mol. The fourth-order valence-electron chi connectivity index (χ4n) is 1.24. The lowest BCUT2D eigenvalue weighted by molar-refractivity contribution is 0.216. The number of ether oxygens (including phenoxy) is 1. The molecule has 0 aliphatic rings. The molecule has 92 valence electrons. The molecule has 1 unspecified atom stereocenters. The minimum Gasteiger partial charge on any atom is -0.491 e. The minimum atomic E-state index is -0.362. The van der Waals surface area contributed by atoms with E-state index in [9.17, 15) is 4.39 Å². The third-order valence-corrected chi connectivity index (χ3v) is 2.25. The Morgan fingerprint density at radius 3 is 2.82 bits per heavy atom. The summed E-state index contributed by atoms with van der Waals surface area (Å²) in [5.41, 5.74) is 0.566. The van der Waals surface area contributed by atoms with Gasteiger partial charge in [-0.25, -0.2) is 4.39 Å². The van der Waals surface area contributed by atoms with Crippen LogP contribution in [0.5, 0.6) is 5.75 Å². The van der Waals surface area contributed by atoms with Gasteiger partial charge in [-0.3, -0.25) is 0 Å². The Hall–Kier alpha value is -1.53. The highest BCUT2D eigenvalue weighted by molar-refractivity contribution is 5.40. The van der Waals surface area contributed by atoms with Gasteiger partial charge in [-0.15, -0.1) is 0 Å². The van der Waals surface area contributed by atoms with Crippen molar-refractivity contribution in [1.82, 2.24) is 0 Å². The average Bonchev–Trinajstić information content (AvgIpc) is 2.28. The Bertz CT molecular complexity index is 418. The molecule has 0 saturated heterocycles. The summed E-state index contributed by atoms with van der Waals surface area (Å²) in [6.07, 6.45) is 1.30. The van der Waals surface area contributed by atoms with Crippen LogP contribution in [0.3, 0.4) is 0 Å². The van der Waals surface area contributed by atoms with Gasteiger partial charge in [0, 0.05) is 18.1 Å². The topological polar surface area (TPSA) is 29.5 Å². The standard InChI is InChI=1S/C14H17FO2/c1-3-11(2)17-14-9-12(6-4-5-7-16)8-13(15)10-14/h8-11,16H,3,5,7H2,1-2H3. The summed E-state index contributed by atoms with van der Waals surface area (Å²) in [4.78, 5) is 0. The van der Waals surface area contributed by atoms with Gasteiger partial charge in [0.15, 0.2) is 0 Å². The summed E-state index contributed by atoms with van der Waals surface area (Å²) in [7, 11) is 0. The molecule has 0 heterocycles. The van der Waals surface area contributed by atoms with Gasteiger partial charge in [0.25, 0.3) is 0 Å². The second-order valence-electron chi connectivity index (χ2n) is 3.79. The molecular formula is C14H17FO2. The molecule has 0 radical (unpaired) electrons. The molecule has 0 spiro atoms. The van der Waals surface area contributed by atoms with Gasteiger partial charge in [-0.2, -0.15) is 0 Å².